The van der Waals surface area contributed by atoms with E-state index in [1.807, 2.05) is 0 Å². The number of methoxy groups -OCH3 is 1. The first kappa shape index (κ1) is 7.50. The normalized spacial score (nSPS) is 25.9. The van der Waals surface area contributed by atoms with E-state index in [9.17, 15) is 4.79 Å². The Balaban J connectivity index is 2.31. The molecule has 0 aromatic carbocycles. The van der Waals surface area contributed by atoms with Gasteiger partial charge in [0.2, 0.25) is 0 Å². The molecule has 0 radical (unpaired) electrons. The van der Waals surface area contributed by atoms with Gasteiger partial charge in [-0.25, -0.2) is 0 Å². The Kier molecular flexibility index (Phi) is 2.65. The minimum Gasteiger partial charge on any atom is -0.468 e. The van der Waals surface area contributed by atoms with Gasteiger partial charge >= 0.3 is 5.97 Å². The lowest BCUT2D eigenvalue weighted by Gasteiger charge is -2.21. The van der Waals surface area contributed by atoms with Crippen LogP contribution in [0.4, 0.5) is 0 Å². The molecule has 2 N–H and O–H groups in total. The van der Waals surface area contributed by atoms with E-state index >= 15 is 0 Å². The van der Waals surface area contributed by atoms with Crippen LogP contribution in [0, 0.1) is 0 Å². The molecule has 0 unspecified atom stereocenters. The summed E-state index contributed by atoms with van der Waals surface area (Å²) in [5.74, 6) is -0.188. The number of esters is 1. The highest BCUT2D eigenvalue weighted by Crippen LogP contribution is 1.88. The summed E-state index contributed by atoms with van der Waals surface area (Å²) in [6.45, 7) is 2.43. The van der Waals surface area contributed by atoms with Gasteiger partial charge in [0.1, 0.15) is 6.04 Å². The summed E-state index contributed by atoms with van der Waals surface area (Å²) in [7, 11) is 1.40. The fourth-order valence-corrected chi connectivity index (χ4v) is 0.962. The van der Waals surface area contributed by atoms with Crippen molar-refractivity contribution in [1.29, 1.82) is 0 Å². The number of rotatable bonds is 1. The number of ether oxygens (including phenoxy) is 1. The molecule has 10 heavy (non-hydrogen) atoms. The Morgan fingerprint density at radius 3 is 2.90 bits per heavy atom. The van der Waals surface area contributed by atoms with Crippen LogP contribution in [0.5, 0.6) is 0 Å². The highest BCUT2D eigenvalue weighted by Gasteiger charge is 2.19. The van der Waals surface area contributed by atoms with Gasteiger partial charge in [0, 0.05) is 19.6 Å². The van der Waals surface area contributed by atoms with E-state index in [4.69, 9.17) is 0 Å². The zero-order chi connectivity index (χ0) is 7.40. The second kappa shape index (κ2) is 3.53. The van der Waals surface area contributed by atoms with Crippen LogP contribution in [0.15, 0.2) is 0 Å². The summed E-state index contributed by atoms with van der Waals surface area (Å²) in [4.78, 5) is 10.8. The standard InChI is InChI=1S/C6H12N2O2/c1-10-6(9)5-4-7-2-3-8-5/h5,7-8H,2-4H2,1H3/t5-/m0/s1. The van der Waals surface area contributed by atoms with Gasteiger partial charge in [-0.2, -0.15) is 0 Å². The third-order valence-corrected chi connectivity index (χ3v) is 1.53. The topological polar surface area (TPSA) is 50.4 Å². The molecule has 0 amide bonds. The fourth-order valence-electron chi connectivity index (χ4n) is 0.962. The maximum absolute atomic E-state index is 10.8. The lowest BCUT2D eigenvalue weighted by atomic mass is 10.2. The number of piperazine rings is 1. The van der Waals surface area contributed by atoms with Gasteiger partial charge in [0.15, 0.2) is 0 Å². The molecule has 1 aliphatic rings. The molecule has 1 atom stereocenters. The monoisotopic (exact) mass is 144 g/mol. The van der Waals surface area contributed by atoms with Gasteiger partial charge in [-0.05, 0) is 0 Å². The van der Waals surface area contributed by atoms with Gasteiger partial charge in [-0.1, -0.05) is 0 Å². The molecule has 0 aliphatic carbocycles. The lowest BCUT2D eigenvalue weighted by Crippen LogP contribution is -2.52. The van der Waals surface area contributed by atoms with Crippen LogP contribution in [0.3, 0.4) is 0 Å². The van der Waals surface area contributed by atoms with E-state index in [1.165, 1.54) is 7.11 Å². The molecule has 1 heterocycles. The van der Waals surface area contributed by atoms with Crippen LogP contribution in [-0.4, -0.2) is 38.8 Å². The van der Waals surface area contributed by atoms with Crippen LogP contribution in [0.25, 0.3) is 0 Å². The molecule has 0 aromatic heterocycles. The minimum absolute atomic E-state index is 0.154. The van der Waals surface area contributed by atoms with Crippen molar-refractivity contribution in [3.63, 3.8) is 0 Å². The van der Waals surface area contributed by atoms with E-state index in [-0.39, 0.29) is 12.0 Å². The molecule has 1 fully saturated rings. The van der Waals surface area contributed by atoms with E-state index < -0.39 is 0 Å². The van der Waals surface area contributed by atoms with Crippen LogP contribution in [0.1, 0.15) is 0 Å². The lowest BCUT2D eigenvalue weighted by molar-refractivity contribution is -0.143. The first-order chi connectivity index (χ1) is 4.84. The Morgan fingerprint density at radius 2 is 2.40 bits per heavy atom. The molecule has 0 saturated carbocycles. The van der Waals surface area contributed by atoms with Crippen LogP contribution >= 0.6 is 0 Å². The van der Waals surface area contributed by atoms with E-state index in [0.717, 1.165) is 13.1 Å². The quantitative estimate of drug-likeness (QED) is 0.450. The molecule has 0 spiro atoms. The van der Waals surface area contributed by atoms with Gasteiger partial charge in [0.05, 0.1) is 7.11 Å². The van der Waals surface area contributed by atoms with Gasteiger partial charge < -0.3 is 15.4 Å². The summed E-state index contributed by atoms with van der Waals surface area (Å²) in [6, 6.07) is -0.154. The largest absolute Gasteiger partial charge is 0.468 e. The Labute approximate surface area is 59.9 Å². The smallest absolute Gasteiger partial charge is 0.324 e. The van der Waals surface area contributed by atoms with Crippen molar-refractivity contribution in [1.82, 2.24) is 10.6 Å². The van der Waals surface area contributed by atoms with Crippen molar-refractivity contribution in [3.8, 4) is 0 Å². The summed E-state index contributed by atoms with van der Waals surface area (Å²) in [5, 5.41) is 6.12. The zero-order valence-corrected chi connectivity index (χ0v) is 6.02. The predicted octanol–water partition coefficient (Wildman–Crippen LogP) is -1.28. The number of hydrogen-bond donors (Lipinski definition) is 2. The van der Waals surface area contributed by atoms with E-state index in [0.29, 0.717) is 6.54 Å². The Bertz CT molecular complexity index is 121. The summed E-state index contributed by atoms with van der Waals surface area (Å²) in [6.07, 6.45) is 0. The molecule has 1 rings (SSSR count). The molecular formula is C6H12N2O2. The highest BCUT2D eigenvalue weighted by atomic mass is 16.5. The van der Waals surface area contributed by atoms with Crippen molar-refractivity contribution >= 4 is 5.97 Å². The highest BCUT2D eigenvalue weighted by molar-refractivity contribution is 5.76. The van der Waals surface area contributed by atoms with Crippen LogP contribution < -0.4 is 10.6 Å². The molecule has 58 valence electrons. The maximum atomic E-state index is 10.8. The minimum atomic E-state index is -0.188. The predicted molar refractivity (Wildman–Crippen MR) is 36.7 cm³/mol. The third kappa shape index (κ3) is 1.68. The molecule has 4 heteroatoms. The average Bonchev–Trinajstić information content (AvgIpc) is 2.05. The van der Waals surface area contributed by atoms with E-state index in [1.54, 1.807) is 0 Å². The van der Waals surface area contributed by atoms with Crippen molar-refractivity contribution in [3.05, 3.63) is 0 Å². The van der Waals surface area contributed by atoms with Crippen molar-refractivity contribution in [2.75, 3.05) is 26.7 Å². The number of carbonyl (C=O) groups excluding carboxylic acids is 1. The fraction of sp³-hybridized carbons (Fsp3) is 0.833. The molecule has 0 aromatic rings. The van der Waals surface area contributed by atoms with E-state index in [2.05, 4.69) is 15.4 Å². The van der Waals surface area contributed by atoms with Gasteiger partial charge in [-0.15, -0.1) is 0 Å². The third-order valence-electron chi connectivity index (χ3n) is 1.53. The summed E-state index contributed by atoms with van der Waals surface area (Å²) in [5.41, 5.74) is 0. The van der Waals surface area contributed by atoms with Crippen LogP contribution in [-0.2, 0) is 9.53 Å². The number of nitrogens with one attached hydrogen (secondary N) is 2. The first-order valence-electron chi connectivity index (χ1n) is 3.36. The average molecular weight is 144 g/mol. The first-order valence-corrected chi connectivity index (χ1v) is 3.36. The molecule has 1 aliphatic heterocycles. The van der Waals surface area contributed by atoms with Gasteiger partial charge in [-0.3, -0.25) is 4.79 Å². The van der Waals surface area contributed by atoms with Gasteiger partial charge in [0.25, 0.3) is 0 Å². The number of hydrogen-bond acceptors (Lipinski definition) is 4. The second-order valence-corrected chi connectivity index (χ2v) is 2.23. The molecule has 0 bridgehead atoms. The van der Waals surface area contributed by atoms with Crippen molar-refractivity contribution in [2.24, 2.45) is 0 Å². The Hall–Kier alpha value is -0.610. The molecule has 1 saturated heterocycles. The van der Waals surface area contributed by atoms with Crippen molar-refractivity contribution in [2.45, 2.75) is 6.04 Å². The van der Waals surface area contributed by atoms with Crippen LogP contribution in [0.2, 0.25) is 0 Å². The maximum Gasteiger partial charge on any atom is 0.324 e. The summed E-state index contributed by atoms with van der Waals surface area (Å²) >= 11 is 0. The zero-order valence-electron chi connectivity index (χ0n) is 6.02. The SMILES string of the molecule is COC(=O)[C@@H]1CNCCN1. The Morgan fingerprint density at radius 1 is 1.60 bits per heavy atom. The second-order valence-electron chi connectivity index (χ2n) is 2.23. The number of carbonyl (C=O) groups is 1. The summed E-state index contributed by atoms with van der Waals surface area (Å²) < 4.78 is 4.55. The van der Waals surface area contributed by atoms with Crippen molar-refractivity contribution < 1.29 is 9.53 Å². The molecular weight excluding hydrogens is 132 g/mol. The molecule has 4 nitrogen and oxygen atoms in total.